The van der Waals surface area contributed by atoms with Crippen LogP contribution in [0.4, 0.5) is 0 Å². The molecule has 1 N–H and O–H groups in total. The Morgan fingerprint density at radius 3 is 3.00 bits per heavy atom. The summed E-state index contributed by atoms with van der Waals surface area (Å²) in [5, 5.41) is 11.3. The van der Waals surface area contributed by atoms with Crippen LogP contribution in [-0.2, 0) is 13.6 Å². The van der Waals surface area contributed by atoms with Crippen molar-refractivity contribution in [1.29, 1.82) is 0 Å². The first-order chi connectivity index (χ1) is 7.75. The lowest BCUT2D eigenvalue weighted by atomic mass is 10.3. The van der Waals surface area contributed by atoms with Gasteiger partial charge >= 0.3 is 0 Å². The van der Waals surface area contributed by atoms with Crippen molar-refractivity contribution >= 4 is 12.2 Å². The third kappa shape index (κ3) is 1.59. The van der Waals surface area contributed by atoms with Gasteiger partial charge in [-0.2, -0.15) is 10.2 Å². The van der Waals surface area contributed by atoms with E-state index in [0.29, 0.717) is 10.7 Å². The zero-order valence-electron chi connectivity index (χ0n) is 9.05. The van der Waals surface area contributed by atoms with Gasteiger partial charge in [-0.3, -0.25) is 14.3 Å². The van der Waals surface area contributed by atoms with E-state index in [-0.39, 0.29) is 0 Å². The first-order valence-electron chi connectivity index (χ1n) is 5.37. The van der Waals surface area contributed by atoms with Crippen LogP contribution in [-0.4, -0.2) is 24.5 Å². The quantitative estimate of drug-likeness (QED) is 0.822. The fraction of sp³-hybridized carbons (Fsp3) is 0.500. The summed E-state index contributed by atoms with van der Waals surface area (Å²) in [6.07, 6.45) is 4.26. The van der Waals surface area contributed by atoms with Gasteiger partial charge in [0, 0.05) is 19.2 Å². The van der Waals surface area contributed by atoms with Gasteiger partial charge in [0.1, 0.15) is 5.82 Å². The van der Waals surface area contributed by atoms with Crippen molar-refractivity contribution in [2.45, 2.75) is 25.3 Å². The molecule has 0 radical (unpaired) electrons. The molecule has 2 aromatic heterocycles. The van der Waals surface area contributed by atoms with Crippen LogP contribution in [0.3, 0.4) is 0 Å². The molecule has 0 bridgehead atoms. The number of hydrogen-bond donors (Lipinski definition) is 1. The molecule has 0 aliphatic heterocycles. The number of hydrogen-bond acceptors (Lipinski definition) is 3. The van der Waals surface area contributed by atoms with E-state index in [1.54, 1.807) is 6.20 Å². The molecule has 0 atom stereocenters. The molecule has 0 amide bonds. The average molecular weight is 235 g/mol. The second-order valence-corrected chi connectivity index (χ2v) is 4.58. The monoisotopic (exact) mass is 235 g/mol. The molecule has 0 saturated heterocycles. The minimum Gasteiger partial charge on any atom is -0.298 e. The predicted octanol–water partition coefficient (Wildman–Crippen LogP) is 1.60. The molecule has 0 spiro atoms. The first kappa shape index (κ1) is 9.77. The highest BCUT2D eigenvalue weighted by molar-refractivity contribution is 7.71. The van der Waals surface area contributed by atoms with E-state index in [1.807, 2.05) is 17.8 Å². The molecule has 84 valence electrons. The normalized spacial score (nSPS) is 15.6. The predicted molar refractivity (Wildman–Crippen MR) is 61.7 cm³/mol. The van der Waals surface area contributed by atoms with Crippen molar-refractivity contribution in [3.8, 4) is 0 Å². The highest BCUT2D eigenvalue weighted by Crippen LogP contribution is 2.38. The lowest BCUT2D eigenvalue weighted by Crippen LogP contribution is -2.08. The molecule has 1 fully saturated rings. The molecule has 1 aliphatic rings. The zero-order chi connectivity index (χ0) is 11.1. The van der Waals surface area contributed by atoms with Gasteiger partial charge in [0.2, 0.25) is 0 Å². The Labute approximate surface area is 98.1 Å². The Hall–Kier alpha value is -1.43. The molecular formula is C10H13N5S. The van der Waals surface area contributed by atoms with E-state index >= 15 is 0 Å². The van der Waals surface area contributed by atoms with Gasteiger partial charge in [-0.1, -0.05) is 0 Å². The summed E-state index contributed by atoms with van der Waals surface area (Å²) in [6, 6.07) is 2.01. The molecule has 3 rings (SSSR count). The SMILES string of the molecule is Cn1nccc1Cn1c(C2CC2)n[nH]c1=S. The molecule has 16 heavy (non-hydrogen) atoms. The van der Waals surface area contributed by atoms with Gasteiger partial charge in [0.05, 0.1) is 12.2 Å². The number of H-pyrrole nitrogens is 1. The van der Waals surface area contributed by atoms with Crippen molar-refractivity contribution in [3.05, 3.63) is 28.6 Å². The smallest absolute Gasteiger partial charge is 0.195 e. The topological polar surface area (TPSA) is 51.4 Å². The zero-order valence-corrected chi connectivity index (χ0v) is 9.87. The van der Waals surface area contributed by atoms with Crippen LogP contribution < -0.4 is 0 Å². The minimum absolute atomic E-state index is 0.598. The van der Waals surface area contributed by atoms with Gasteiger partial charge in [0.15, 0.2) is 4.77 Å². The van der Waals surface area contributed by atoms with Gasteiger partial charge in [-0.05, 0) is 31.1 Å². The average Bonchev–Trinajstić information content (AvgIpc) is 2.94. The van der Waals surface area contributed by atoms with Crippen LogP contribution in [0.1, 0.15) is 30.3 Å². The maximum atomic E-state index is 5.25. The summed E-state index contributed by atoms with van der Waals surface area (Å²) < 4.78 is 4.64. The van der Waals surface area contributed by atoms with Gasteiger partial charge in [-0.25, -0.2) is 0 Å². The Morgan fingerprint density at radius 2 is 2.38 bits per heavy atom. The van der Waals surface area contributed by atoms with Crippen molar-refractivity contribution in [2.24, 2.45) is 7.05 Å². The molecule has 2 aromatic rings. The molecular weight excluding hydrogens is 222 g/mol. The number of nitrogens with zero attached hydrogens (tertiary/aromatic N) is 4. The first-order valence-corrected chi connectivity index (χ1v) is 5.78. The van der Waals surface area contributed by atoms with E-state index in [2.05, 4.69) is 19.9 Å². The minimum atomic E-state index is 0.598. The number of rotatable bonds is 3. The number of aromatic amines is 1. The van der Waals surface area contributed by atoms with Crippen LogP contribution in [0.5, 0.6) is 0 Å². The molecule has 1 aliphatic carbocycles. The highest BCUT2D eigenvalue weighted by atomic mass is 32.1. The Kier molecular flexibility index (Phi) is 2.17. The van der Waals surface area contributed by atoms with Gasteiger partial charge < -0.3 is 0 Å². The fourth-order valence-electron chi connectivity index (χ4n) is 1.85. The Morgan fingerprint density at radius 1 is 1.56 bits per heavy atom. The summed E-state index contributed by atoms with van der Waals surface area (Å²) in [7, 11) is 1.94. The lowest BCUT2D eigenvalue weighted by molar-refractivity contribution is 0.640. The summed E-state index contributed by atoms with van der Waals surface area (Å²) in [4.78, 5) is 0. The van der Waals surface area contributed by atoms with Crippen molar-refractivity contribution in [2.75, 3.05) is 0 Å². The molecule has 6 heteroatoms. The van der Waals surface area contributed by atoms with E-state index in [9.17, 15) is 0 Å². The largest absolute Gasteiger partial charge is 0.298 e. The maximum Gasteiger partial charge on any atom is 0.195 e. The molecule has 2 heterocycles. The summed E-state index contributed by atoms with van der Waals surface area (Å²) >= 11 is 5.25. The summed E-state index contributed by atoms with van der Waals surface area (Å²) in [5.74, 6) is 1.69. The van der Waals surface area contributed by atoms with Gasteiger partial charge in [-0.15, -0.1) is 0 Å². The molecule has 1 saturated carbocycles. The summed E-state index contributed by atoms with van der Waals surface area (Å²) in [5.41, 5.74) is 1.14. The van der Waals surface area contributed by atoms with Gasteiger partial charge in [0.25, 0.3) is 0 Å². The van der Waals surface area contributed by atoms with E-state index < -0.39 is 0 Å². The van der Waals surface area contributed by atoms with Crippen LogP contribution >= 0.6 is 12.2 Å². The van der Waals surface area contributed by atoms with Crippen LogP contribution in [0.15, 0.2) is 12.3 Å². The standard InChI is InChI=1S/C10H13N5S/c1-14-8(4-5-11-14)6-15-9(7-2-3-7)12-13-10(15)16/h4-5,7H,2-3,6H2,1H3,(H,13,16). The van der Waals surface area contributed by atoms with E-state index in [1.165, 1.54) is 12.8 Å². The number of aryl methyl sites for hydroxylation is 1. The third-order valence-corrected chi connectivity index (χ3v) is 3.28. The summed E-state index contributed by atoms with van der Waals surface area (Å²) in [6.45, 7) is 0.748. The third-order valence-electron chi connectivity index (χ3n) is 2.97. The second-order valence-electron chi connectivity index (χ2n) is 4.19. The molecule has 0 aromatic carbocycles. The van der Waals surface area contributed by atoms with Crippen molar-refractivity contribution in [1.82, 2.24) is 24.5 Å². The van der Waals surface area contributed by atoms with Crippen LogP contribution in [0.2, 0.25) is 0 Å². The van der Waals surface area contributed by atoms with Crippen LogP contribution in [0.25, 0.3) is 0 Å². The Balaban J connectivity index is 1.97. The van der Waals surface area contributed by atoms with E-state index in [0.717, 1.165) is 18.1 Å². The highest BCUT2D eigenvalue weighted by Gasteiger charge is 2.29. The maximum absolute atomic E-state index is 5.25. The number of aromatic nitrogens is 5. The fourth-order valence-corrected chi connectivity index (χ4v) is 2.06. The molecule has 0 unspecified atom stereocenters. The van der Waals surface area contributed by atoms with Crippen LogP contribution in [0, 0.1) is 4.77 Å². The van der Waals surface area contributed by atoms with Crippen molar-refractivity contribution < 1.29 is 0 Å². The second kappa shape index (κ2) is 3.55. The lowest BCUT2D eigenvalue weighted by Gasteiger charge is -2.06. The molecule has 5 nitrogen and oxygen atoms in total. The van der Waals surface area contributed by atoms with Crippen molar-refractivity contribution in [3.63, 3.8) is 0 Å². The Bertz CT molecular complexity index is 560. The van der Waals surface area contributed by atoms with E-state index in [4.69, 9.17) is 12.2 Å². The number of nitrogens with one attached hydrogen (secondary N) is 1.